The molecule has 0 bridgehead atoms. The number of hydrogen-bond acceptors (Lipinski definition) is 4. The van der Waals surface area contributed by atoms with Crippen molar-refractivity contribution in [2.75, 3.05) is 5.73 Å². The molecule has 0 radical (unpaired) electrons. The SMILES string of the molecule is Nc1ncn2nc(-c3cccnc3)ccc12. The summed E-state index contributed by atoms with van der Waals surface area (Å²) < 4.78 is 1.66. The zero-order chi connectivity index (χ0) is 11.0. The number of hydrogen-bond donors (Lipinski definition) is 1. The molecule has 3 rings (SSSR count). The molecule has 3 heterocycles. The lowest BCUT2D eigenvalue weighted by molar-refractivity contribution is 0.931. The first kappa shape index (κ1) is 8.84. The molecule has 2 N–H and O–H groups in total. The van der Waals surface area contributed by atoms with Crippen LogP contribution in [0.2, 0.25) is 0 Å². The first-order valence-electron chi connectivity index (χ1n) is 4.85. The van der Waals surface area contributed by atoms with Gasteiger partial charge in [0, 0.05) is 18.0 Å². The number of fused-ring (bicyclic) bond motifs is 1. The van der Waals surface area contributed by atoms with Gasteiger partial charge in [-0.2, -0.15) is 5.10 Å². The molecule has 0 atom stereocenters. The molecule has 0 spiro atoms. The lowest BCUT2D eigenvalue weighted by Gasteiger charge is -2.00. The Hall–Kier alpha value is -2.43. The van der Waals surface area contributed by atoms with Crippen LogP contribution in [0.4, 0.5) is 5.82 Å². The van der Waals surface area contributed by atoms with Crippen molar-refractivity contribution in [1.29, 1.82) is 0 Å². The molecule has 0 aliphatic carbocycles. The van der Waals surface area contributed by atoms with E-state index in [2.05, 4.69) is 15.1 Å². The first-order valence-corrected chi connectivity index (χ1v) is 4.85. The van der Waals surface area contributed by atoms with Crippen molar-refractivity contribution in [2.24, 2.45) is 0 Å². The fourth-order valence-corrected chi connectivity index (χ4v) is 1.58. The van der Waals surface area contributed by atoms with E-state index in [1.807, 2.05) is 24.3 Å². The molecule has 0 aliphatic rings. The van der Waals surface area contributed by atoms with Crippen LogP contribution < -0.4 is 5.73 Å². The highest BCUT2D eigenvalue weighted by atomic mass is 15.3. The molecule has 0 aromatic carbocycles. The minimum atomic E-state index is 0.491. The van der Waals surface area contributed by atoms with E-state index in [0.717, 1.165) is 16.8 Å². The summed E-state index contributed by atoms with van der Waals surface area (Å²) in [4.78, 5) is 8.05. The molecule has 78 valence electrons. The van der Waals surface area contributed by atoms with Crippen LogP contribution >= 0.6 is 0 Å². The monoisotopic (exact) mass is 211 g/mol. The molecule has 0 saturated heterocycles. The van der Waals surface area contributed by atoms with Gasteiger partial charge >= 0.3 is 0 Å². The Kier molecular flexibility index (Phi) is 1.83. The summed E-state index contributed by atoms with van der Waals surface area (Å²) in [6, 6.07) is 7.65. The highest BCUT2D eigenvalue weighted by molar-refractivity contribution is 5.67. The summed E-state index contributed by atoms with van der Waals surface area (Å²) >= 11 is 0. The zero-order valence-corrected chi connectivity index (χ0v) is 8.41. The van der Waals surface area contributed by atoms with Gasteiger partial charge in [0.1, 0.15) is 11.8 Å². The van der Waals surface area contributed by atoms with Crippen LogP contribution in [0, 0.1) is 0 Å². The minimum absolute atomic E-state index is 0.491. The number of rotatable bonds is 1. The van der Waals surface area contributed by atoms with Gasteiger partial charge in [0.2, 0.25) is 0 Å². The van der Waals surface area contributed by atoms with Gasteiger partial charge in [0.25, 0.3) is 0 Å². The average Bonchev–Trinajstić information content (AvgIpc) is 2.72. The standard InChI is InChI=1S/C11H9N5/c12-11-10-4-3-9(15-16(10)7-14-11)8-2-1-5-13-6-8/h1-7H,12H2. The third-order valence-electron chi connectivity index (χ3n) is 2.39. The molecular formula is C11H9N5. The quantitative estimate of drug-likeness (QED) is 0.660. The minimum Gasteiger partial charge on any atom is -0.382 e. The summed E-state index contributed by atoms with van der Waals surface area (Å²) in [6.45, 7) is 0. The number of nitrogens with two attached hydrogens (primary N) is 1. The maximum absolute atomic E-state index is 5.68. The van der Waals surface area contributed by atoms with Crippen LogP contribution in [0.15, 0.2) is 43.0 Å². The molecule has 0 amide bonds. The van der Waals surface area contributed by atoms with E-state index in [1.54, 1.807) is 23.2 Å². The van der Waals surface area contributed by atoms with Crippen molar-refractivity contribution >= 4 is 11.3 Å². The molecule has 5 nitrogen and oxygen atoms in total. The van der Waals surface area contributed by atoms with Crippen molar-refractivity contribution in [2.45, 2.75) is 0 Å². The summed E-state index contributed by atoms with van der Waals surface area (Å²) in [6.07, 6.45) is 5.11. The van der Waals surface area contributed by atoms with Crippen molar-refractivity contribution in [3.63, 3.8) is 0 Å². The second-order valence-corrected chi connectivity index (χ2v) is 3.42. The molecule has 0 aliphatic heterocycles. The first-order chi connectivity index (χ1) is 7.84. The van der Waals surface area contributed by atoms with E-state index in [0.29, 0.717) is 5.82 Å². The Morgan fingerprint density at radius 3 is 2.94 bits per heavy atom. The zero-order valence-electron chi connectivity index (χ0n) is 8.41. The Morgan fingerprint density at radius 1 is 1.19 bits per heavy atom. The molecular weight excluding hydrogens is 202 g/mol. The summed E-state index contributed by atoms with van der Waals surface area (Å²) in [5, 5.41) is 4.40. The van der Waals surface area contributed by atoms with E-state index in [1.165, 1.54) is 0 Å². The molecule has 3 aromatic rings. The number of nitrogens with zero attached hydrogens (tertiary/aromatic N) is 4. The van der Waals surface area contributed by atoms with E-state index >= 15 is 0 Å². The average molecular weight is 211 g/mol. The van der Waals surface area contributed by atoms with Crippen LogP contribution in [0.25, 0.3) is 16.8 Å². The Morgan fingerprint density at radius 2 is 2.12 bits per heavy atom. The third-order valence-corrected chi connectivity index (χ3v) is 2.39. The number of anilines is 1. The van der Waals surface area contributed by atoms with Crippen LogP contribution in [0.5, 0.6) is 0 Å². The maximum Gasteiger partial charge on any atom is 0.151 e. The van der Waals surface area contributed by atoms with E-state index < -0.39 is 0 Å². The fraction of sp³-hybridized carbons (Fsp3) is 0. The topological polar surface area (TPSA) is 69.1 Å². The highest BCUT2D eigenvalue weighted by Gasteiger charge is 2.04. The van der Waals surface area contributed by atoms with E-state index in [9.17, 15) is 0 Å². The second-order valence-electron chi connectivity index (χ2n) is 3.42. The predicted octanol–water partition coefficient (Wildman–Crippen LogP) is 1.37. The number of pyridine rings is 1. The number of aromatic nitrogens is 4. The van der Waals surface area contributed by atoms with Crippen LogP contribution in [0.3, 0.4) is 0 Å². The molecule has 3 aromatic heterocycles. The molecule has 0 unspecified atom stereocenters. The van der Waals surface area contributed by atoms with Gasteiger partial charge in [-0.05, 0) is 24.3 Å². The summed E-state index contributed by atoms with van der Waals surface area (Å²) in [5.41, 5.74) is 8.31. The smallest absolute Gasteiger partial charge is 0.151 e. The lowest BCUT2D eigenvalue weighted by atomic mass is 10.2. The van der Waals surface area contributed by atoms with Gasteiger partial charge in [-0.1, -0.05) is 0 Å². The normalized spacial score (nSPS) is 10.8. The van der Waals surface area contributed by atoms with Crippen LogP contribution in [-0.2, 0) is 0 Å². The molecule has 16 heavy (non-hydrogen) atoms. The fourth-order valence-electron chi connectivity index (χ4n) is 1.58. The van der Waals surface area contributed by atoms with Crippen LogP contribution in [0.1, 0.15) is 0 Å². The van der Waals surface area contributed by atoms with Crippen molar-refractivity contribution in [3.8, 4) is 11.3 Å². The Labute approximate surface area is 91.6 Å². The summed E-state index contributed by atoms with van der Waals surface area (Å²) in [7, 11) is 0. The second kappa shape index (κ2) is 3.30. The molecule has 5 heteroatoms. The summed E-state index contributed by atoms with van der Waals surface area (Å²) in [5.74, 6) is 0.491. The largest absolute Gasteiger partial charge is 0.382 e. The third kappa shape index (κ3) is 1.30. The Bertz CT molecular complexity index is 629. The van der Waals surface area contributed by atoms with E-state index in [4.69, 9.17) is 5.73 Å². The van der Waals surface area contributed by atoms with Gasteiger partial charge in [-0.3, -0.25) is 4.98 Å². The van der Waals surface area contributed by atoms with E-state index in [-0.39, 0.29) is 0 Å². The van der Waals surface area contributed by atoms with Crippen molar-refractivity contribution < 1.29 is 0 Å². The van der Waals surface area contributed by atoms with Gasteiger partial charge in [-0.25, -0.2) is 9.50 Å². The van der Waals surface area contributed by atoms with Crippen LogP contribution in [-0.4, -0.2) is 19.6 Å². The van der Waals surface area contributed by atoms with Crippen molar-refractivity contribution in [3.05, 3.63) is 43.0 Å². The number of nitrogen functional groups attached to an aromatic ring is 1. The van der Waals surface area contributed by atoms with Crippen molar-refractivity contribution in [1.82, 2.24) is 19.6 Å². The molecule has 0 saturated carbocycles. The lowest BCUT2D eigenvalue weighted by Crippen LogP contribution is -1.94. The van der Waals surface area contributed by atoms with Gasteiger partial charge in [0.05, 0.1) is 5.69 Å². The predicted molar refractivity (Wildman–Crippen MR) is 60.6 cm³/mol. The van der Waals surface area contributed by atoms with Gasteiger partial charge in [0.15, 0.2) is 5.82 Å². The highest BCUT2D eigenvalue weighted by Crippen LogP contribution is 2.17. The molecule has 0 fully saturated rings. The Balaban J connectivity index is 2.19. The van der Waals surface area contributed by atoms with Gasteiger partial charge < -0.3 is 5.73 Å². The number of imidazole rings is 1. The maximum atomic E-state index is 5.68. The van der Waals surface area contributed by atoms with Gasteiger partial charge in [-0.15, -0.1) is 0 Å².